The van der Waals surface area contributed by atoms with Crippen LogP contribution in [0.15, 0.2) is 42.5 Å². The second-order valence-corrected chi connectivity index (χ2v) is 6.79. The number of nitrogens with zero attached hydrogens (tertiary/aromatic N) is 4. The van der Waals surface area contributed by atoms with E-state index in [0.29, 0.717) is 12.2 Å². The molecule has 1 aliphatic heterocycles. The smallest absolute Gasteiger partial charge is 0.238 e. The van der Waals surface area contributed by atoms with Gasteiger partial charge < -0.3 is 15.3 Å². The number of nitrogens with one attached hydrogen (secondary N) is 1. The molecule has 134 valence electrons. The Morgan fingerprint density at radius 2 is 1.85 bits per heavy atom. The fraction of sp³-hybridized carbons (Fsp3) is 0.278. The Balaban J connectivity index is 1.32. The van der Waals surface area contributed by atoms with Crippen LogP contribution in [-0.4, -0.2) is 57.4 Å². The van der Waals surface area contributed by atoms with Crippen molar-refractivity contribution in [2.24, 2.45) is 0 Å². The van der Waals surface area contributed by atoms with Gasteiger partial charge in [-0.25, -0.2) is 0 Å². The van der Waals surface area contributed by atoms with Crippen molar-refractivity contribution in [3.8, 4) is 5.75 Å². The summed E-state index contributed by atoms with van der Waals surface area (Å²) < 4.78 is 8.44. The number of aromatic hydroxyl groups is 1. The van der Waals surface area contributed by atoms with Crippen molar-refractivity contribution in [2.75, 3.05) is 42.9 Å². The third kappa shape index (κ3) is 3.61. The van der Waals surface area contributed by atoms with E-state index in [4.69, 9.17) is 0 Å². The average molecular weight is 369 g/mol. The van der Waals surface area contributed by atoms with Crippen LogP contribution in [0.4, 0.5) is 11.4 Å². The van der Waals surface area contributed by atoms with E-state index in [1.807, 2.05) is 30.3 Å². The Morgan fingerprint density at radius 1 is 1.08 bits per heavy atom. The first-order valence-electron chi connectivity index (χ1n) is 8.46. The molecule has 1 aromatic heterocycles. The maximum absolute atomic E-state index is 12.4. The molecule has 1 fully saturated rings. The number of amides is 1. The lowest BCUT2D eigenvalue weighted by molar-refractivity contribution is -0.117. The largest absolute Gasteiger partial charge is 0.508 e. The average Bonchev–Trinajstić information content (AvgIpc) is 3.13. The van der Waals surface area contributed by atoms with Crippen LogP contribution in [0.3, 0.4) is 0 Å². The van der Waals surface area contributed by atoms with Gasteiger partial charge in [0, 0.05) is 31.9 Å². The first kappa shape index (κ1) is 16.7. The highest BCUT2D eigenvalue weighted by molar-refractivity contribution is 7.00. The lowest BCUT2D eigenvalue weighted by Crippen LogP contribution is -2.48. The summed E-state index contributed by atoms with van der Waals surface area (Å²) in [6, 6.07) is 12.8. The third-order valence-electron chi connectivity index (χ3n) is 4.51. The van der Waals surface area contributed by atoms with Crippen LogP contribution in [0.1, 0.15) is 0 Å². The van der Waals surface area contributed by atoms with Gasteiger partial charge in [-0.15, -0.1) is 0 Å². The summed E-state index contributed by atoms with van der Waals surface area (Å²) in [6.07, 6.45) is 0. The number of aromatic nitrogens is 2. The first-order chi connectivity index (χ1) is 12.7. The Bertz CT molecular complexity index is 903. The first-order valence-corrected chi connectivity index (χ1v) is 9.19. The van der Waals surface area contributed by atoms with Crippen LogP contribution >= 0.6 is 11.7 Å². The molecule has 8 heteroatoms. The quantitative estimate of drug-likeness (QED) is 0.733. The molecule has 0 aliphatic carbocycles. The van der Waals surface area contributed by atoms with E-state index in [1.54, 1.807) is 12.1 Å². The predicted octanol–water partition coefficient (Wildman–Crippen LogP) is 2.16. The van der Waals surface area contributed by atoms with Crippen molar-refractivity contribution < 1.29 is 9.90 Å². The monoisotopic (exact) mass is 369 g/mol. The van der Waals surface area contributed by atoms with Gasteiger partial charge in [0.15, 0.2) is 0 Å². The van der Waals surface area contributed by atoms with Crippen molar-refractivity contribution in [3.63, 3.8) is 0 Å². The molecule has 2 N–H and O–H groups in total. The van der Waals surface area contributed by atoms with Crippen LogP contribution in [0.5, 0.6) is 5.75 Å². The number of anilines is 2. The Hall–Kier alpha value is -2.71. The zero-order valence-electron chi connectivity index (χ0n) is 14.1. The van der Waals surface area contributed by atoms with Gasteiger partial charge in [0.1, 0.15) is 16.8 Å². The minimum Gasteiger partial charge on any atom is -0.508 e. The number of hydrogen-bond donors (Lipinski definition) is 2. The van der Waals surface area contributed by atoms with Gasteiger partial charge in [-0.05, 0) is 36.4 Å². The molecule has 1 saturated heterocycles. The van der Waals surface area contributed by atoms with Crippen molar-refractivity contribution in [1.29, 1.82) is 0 Å². The topological polar surface area (TPSA) is 81.6 Å². The number of piperazine rings is 1. The van der Waals surface area contributed by atoms with E-state index in [9.17, 15) is 9.90 Å². The minimum atomic E-state index is -0.0383. The molecular weight excluding hydrogens is 350 g/mol. The number of benzene rings is 2. The van der Waals surface area contributed by atoms with Gasteiger partial charge in [-0.1, -0.05) is 6.07 Å². The van der Waals surface area contributed by atoms with Crippen LogP contribution in [0.2, 0.25) is 0 Å². The fourth-order valence-corrected chi connectivity index (χ4v) is 3.68. The lowest BCUT2D eigenvalue weighted by atomic mass is 10.2. The summed E-state index contributed by atoms with van der Waals surface area (Å²) in [5.74, 6) is 0.234. The molecule has 0 saturated carbocycles. The van der Waals surface area contributed by atoms with Crippen LogP contribution in [0, 0.1) is 0 Å². The molecule has 0 atom stereocenters. The molecule has 3 aromatic rings. The normalized spacial score (nSPS) is 15.3. The van der Waals surface area contributed by atoms with Gasteiger partial charge in [-0.3, -0.25) is 9.69 Å². The van der Waals surface area contributed by atoms with Crippen LogP contribution < -0.4 is 10.2 Å². The number of hydrogen-bond acceptors (Lipinski definition) is 7. The van der Waals surface area contributed by atoms with Crippen molar-refractivity contribution in [3.05, 3.63) is 42.5 Å². The van der Waals surface area contributed by atoms with E-state index < -0.39 is 0 Å². The Labute approximate surface area is 155 Å². The number of phenolic OH excluding ortho intramolecular Hbond substituents is 1. The predicted molar refractivity (Wildman–Crippen MR) is 103 cm³/mol. The standard InChI is InChI=1S/C18H19N5O2S/c24-14-6-4-13(5-7-14)23-10-8-22(9-11-23)12-17(25)19-15-2-1-3-16-18(15)21-26-20-16/h1-7,24H,8-12H2,(H,19,25). The van der Waals surface area contributed by atoms with Gasteiger partial charge in [-0.2, -0.15) is 8.75 Å². The number of carbonyl (C=O) groups excluding carboxylic acids is 1. The van der Waals surface area contributed by atoms with E-state index in [0.717, 1.165) is 54.6 Å². The lowest BCUT2D eigenvalue weighted by Gasteiger charge is -2.35. The maximum atomic E-state index is 12.4. The molecule has 0 spiro atoms. The van der Waals surface area contributed by atoms with Crippen LogP contribution in [0.25, 0.3) is 11.0 Å². The molecule has 4 rings (SSSR count). The summed E-state index contributed by atoms with van der Waals surface area (Å²) in [7, 11) is 0. The fourth-order valence-electron chi connectivity index (χ4n) is 3.13. The molecule has 0 unspecified atom stereocenters. The molecule has 7 nitrogen and oxygen atoms in total. The third-order valence-corrected chi connectivity index (χ3v) is 5.06. The van der Waals surface area contributed by atoms with E-state index >= 15 is 0 Å². The number of fused-ring (bicyclic) bond motifs is 1. The molecule has 2 aromatic carbocycles. The second-order valence-electron chi connectivity index (χ2n) is 6.27. The molecule has 1 aliphatic rings. The minimum absolute atomic E-state index is 0.0383. The van der Waals surface area contributed by atoms with Crippen molar-refractivity contribution >= 4 is 40.0 Å². The van der Waals surface area contributed by atoms with E-state index in [1.165, 1.54) is 0 Å². The van der Waals surface area contributed by atoms with Crippen LogP contribution in [-0.2, 0) is 4.79 Å². The highest BCUT2D eigenvalue weighted by Crippen LogP contribution is 2.22. The van der Waals surface area contributed by atoms with Gasteiger partial charge >= 0.3 is 0 Å². The second kappa shape index (κ2) is 7.27. The summed E-state index contributed by atoms with van der Waals surface area (Å²) in [5, 5.41) is 12.3. The molecule has 1 amide bonds. The van der Waals surface area contributed by atoms with Gasteiger partial charge in [0.05, 0.1) is 24.0 Å². The zero-order valence-corrected chi connectivity index (χ0v) is 14.9. The van der Waals surface area contributed by atoms with E-state index in [-0.39, 0.29) is 11.7 Å². The molecule has 0 bridgehead atoms. The number of phenols is 1. The van der Waals surface area contributed by atoms with E-state index in [2.05, 4.69) is 23.9 Å². The van der Waals surface area contributed by atoms with Crippen molar-refractivity contribution in [1.82, 2.24) is 13.6 Å². The zero-order chi connectivity index (χ0) is 17.9. The number of carbonyl (C=O) groups is 1. The summed E-state index contributed by atoms with van der Waals surface area (Å²) in [5.41, 5.74) is 3.34. The Kier molecular flexibility index (Phi) is 4.68. The number of rotatable bonds is 4. The molecular formula is C18H19N5O2S. The Morgan fingerprint density at radius 3 is 2.62 bits per heavy atom. The highest BCUT2D eigenvalue weighted by Gasteiger charge is 2.19. The molecule has 0 radical (unpaired) electrons. The maximum Gasteiger partial charge on any atom is 0.238 e. The SMILES string of the molecule is O=C(CN1CCN(c2ccc(O)cc2)CC1)Nc1cccc2nsnc12. The molecule has 26 heavy (non-hydrogen) atoms. The van der Waals surface area contributed by atoms with Gasteiger partial charge in [0.25, 0.3) is 0 Å². The summed E-state index contributed by atoms with van der Waals surface area (Å²) in [4.78, 5) is 16.8. The van der Waals surface area contributed by atoms with Gasteiger partial charge in [0.2, 0.25) is 5.91 Å². The van der Waals surface area contributed by atoms with Crippen molar-refractivity contribution in [2.45, 2.75) is 0 Å². The summed E-state index contributed by atoms with van der Waals surface area (Å²) in [6.45, 7) is 3.69. The highest BCUT2D eigenvalue weighted by atomic mass is 32.1. The molecule has 2 heterocycles. The summed E-state index contributed by atoms with van der Waals surface area (Å²) >= 11 is 1.15.